The normalized spacial score (nSPS) is 11.5. The summed E-state index contributed by atoms with van der Waals surface area (Å²) < 4.78 is 9.94. The molecule has 15 heavy (non-hydrogen) atoms. The Kier molecular flexibility index (Phi) is 6.47. The number of ether oxygens (including phenoxy) is 2. The number of carbonyl (C=O) groups excluding carboxylic acids is 1. The number of methoxy groups -OCH3 is 1. The van der Waals surface area contributed by atoms with Gasteiger partial charge in [0.15, 0.2) is 0 Å². The largest absolute Gasteiger partial charge is 0.382 e. The van der Waals surface area contributed by atoms with Crippen LogP contribution in [-0.4, -0.2) is 56.9 Å². The lowest BCUT2D eigenvalue weighted by molar-refractivity contribution is -0.139. The van der Waals surface area contributed by atoms with Crippen molar-refractivity contribution in [1.82, 2.24) is 4.90 Å². The van der Waals surface area contributed by atoms with E-state index in [9.17, 15) is 4.79 Å². The van der Waals surface area contributed by atoms with Crippen LogP contribution in [0, 0.1) is 0 Å². The topological polar surface area (TPSA) is 64.8 Å². The molecule has 0 aromatic heterocycles. The van der Waals surface area contributed by atoms with Crippen molar-refractivity contribution in [3.05, 3.63) is 0 Å². The van der Waals surface area contributed by atoms with Gasteiger partial charge in [0.25, 0.3) is 0 Å². The molecule has 1 amide bonds. The number of rotatable bonds is 7. The lowest BCUT2D eigenvalue weighted by Gasteiger charge is -2.34. The molecule has 5 heteroatoms. The highest BCUT2D eigenvalue weighted by molar-refractivity contribution is 5.77. The van der Waals surface area contributed by atoms with E-state index in [-0.39, 0.29) is 18.1 Å². The molecular formula is C10H22N2O3. The number of carbonyl (C=O) groups is 1. The molecule has 2 N–H and O–H groups in total. The van der Waals surface area contributed by atoms with Crippen LogP contribution in [0.5, 0.6) is 0 Å². The molecule has 0 unspecified atom stereocenters. The molecule has 0 fully saturated rings. The summed E-state index contributed by atoms with van der Waals surface area (Å²) in [5.74, 6) is -0.0680. The van der Waals surface area contributed by atoms with E-state index in [1.165, 1.54) is 0 Å². The molecule has 0 rings (SSSR count). The van der Waals surface area contributed by atoms with Gasteiger partial charge in [-0.15, -0.1) is 0 Å². The lowest BCUT2D eigenvalue weighted by atomic mass is 10.0. The second kappa shape index (κ2) is 6.76. The van der Waals surface area contributed by atoms with Crippen molar-refractivity contribution < 1.29 is 14.3 Å². The maximum atomic E-state index is 11.6. The molecule has 0 aliphatic rings. The van der Waals surface area contributed by atoms with Crippen LogP contribution in [0.15, 0.2) is 0 Å². The number of likely N-dealkylation sites (N-methyl/N-ethyl adjacent to an activating group) is 1. The van der Waals surface area contributed by atoms with Gasteiger partial charge in [-0.25, -0.2) is 0 Å². The van der Waals surface area contributed by atoms with E-state index in [1.54, 1.807) is 19.1 Å². The zero-order chi connectivity index (χ0) is 11.9. The first-order chi connectivity index (χ1) is 6.95. The molecule has 0 heterocycles. The Bertz CT molecular complexity index is 195. The Balaban J connectivity index is 3.89. The predicted molar refractivity (Wildman–Crippen MR) is 58.6 cm³/mol. The summed E-state index contributed by atoms with van der Waals surface area (Å²) in [6, 6.07) is 0. The second-order valence-electron chi connectivity index (χ2n) is 4.01. The average Bonchev–Trinajstić information content (AvgIpc) is 2.23. The average molecular weight is 218 g/mol. The fourth-order valence-corrected chi connectivity index (χ4v) is 0.873. The third kappa shape index (κ3) is 5.11. The fraction of sp³-hybridized carbons (Fsp3) is 0.900. The van der Waals surface area contributed by atoms with Gasteiger partial charge < -0.3 is 20.1 Å². The predicted octanol–water partition coefficient (Wildman–Crippen LogP) is -0.155. The smallest absolute Gasteiger partial charge is 0.248 e. The van der Waals surface area contributed by atoms with Gasteiger partial charge in [-0.3, -0.25) is 4.79 Å². The molecule has 0 saturated heterocycles. The molecule has 0 saturated carbocycles. The van der Waals surface area contributed by atoms with Gasteiger partial charge in [-0.1, -0.05) is 0 Å². The van der Waals surface area contributed by atoms with E-state index in [1.807, 2.05) is 13.8 Å². The fourth-order valence-electron chi connectivity index (χ4n) is 0.873. The van der Waals surface area contributed by atoms with E-state index in [4.69, 9.17) is 15.2 Å². The summed E-state index contributed by atoms with van der Waals surface area (Å²) in [5, 5.41) is 0. The number of nitrogens with zero attached hydrogens (tertiary/aromatic N) is 1. The molecule has 0 aliphatic carbocycles. The third-order valence-corrected chi connectivity index (χ3v) is 2.44. The lowest BCUT2D eigenvalue weighted by Crippen LogP contribution is -2.51. The molecule has 0 aromatic rings. The Morgan fingerprint density at radius 1 is 1.40 bits per heavy atom. The first kappa shape index (κ1) is 14.3. The number of amides is 1. The molecule has 0 bridgehead atoms. The van der Waals surface area contributed by atoms with Crippen molar-refractivity contribution in [2.75, 3.05) is 40.5 Å². The molecule has 0 aliphatic heterocycles. The monoisotopic (exact) mass is 218 g/mol. The van der Waals surface area contributed by atoms with Crippen molar-refractivity contribution in [3.8, 4) is 0 Å². The Labute approximate surface area is 91.5 Å². The van der Waals surface area contributed by atoms with Crippen LogP contribution in [0.25, 0.3) is 0 Å². The zero-order valence-electron chi connectivity index (χ0n) is 10.1. The summed E-state index contributed by atoms with van der Waals surface area (Å²) >= 11 is 0. The second-order valence-corrected chi connectivity index (χ2v) is 4.01. The van der Waals surface area contributed by atoms with Gasteiger partial charge in [0.05, 0.1) is 13.2 Å². The summed E-state index contributed by atoms with van der Waals surface area (Å²) in [6.07, 6.45) is 0. The maximum Gasteiger partial charge on any atom is 0.248 e. The van der Waals surface area contributed by atoms with Gasteiger partial charge in [0, 0.05) is 26.2 Å². The number of hydrogen-bond donors (Lipinski definition) is 1. The van der Waals surface area contributed by atoms with Crippen LogP contribution in [0.3, 0.4) is 0 Å². The Morgan fingerprint density at radius 3 is 2.47 bits per heavy atom. The van der Waals surface area contributed by atoms with Crippen LogP contribution in [0.4, 0.5) is 0 Å². The van der Waals surface area contributed by atoms with Crippen molar-refractivity contribution in [1.29, 1.82) is 0 Å². The van der Waals surface area contributed by atoms with E-state index in [2.05, 4.69) is 0 Å². The highest BCUT2D eigenvalue weighted by Crippen LogP contribution is 2.09. The minimum Gasteiger partial charge on any atom is -0.382 e. The quantitative estimate of drug-likeness (QED) is 0.603. The van der Waals surface area contributed by atoms with E-state index >= 15 is 0 Å². The summed E-state index contributed by atoms with van der Waals surface area (Å²) in [6.45, 7) is 5.26. The van der Waals surface area contributed by atoms with Crippen LogP contribution in [-0.2, 0) is 14.3 Å². The van der Waals surface area contributed by atoms with Gasteiger partial charge >= 0.3 is 0 Å². The number of nitrogens with two attached hydrogens (primary N) is 1. The van der Waals surface area contributed by atoms with Gasteiger partial charge in [0.1, 0.15) is 6.61 Å². The maximum absolute atomic E-state index is 11.6. The zero-order valence-corrected chi connectivity index (χ0v) is 10.1. The summed E-state index contributed by atoms with van der Waals surface area (Å²) in [7, 11) is 3.32. The van der Waals surface area contributed by atoms with Crippen molar-refractivity contribution in [2.45, 2.75) is 19.4 Å². The van der Waals surface area contributed by atoms with E-state index < -0.39 is 0 Å². The van der Waals surface area contributed by atoms with Crippen LogP contribution >= 0.6 is 0 Å². The van der Waals surface area contributed by atoms with Crippen molar-refractivity contribution in [2.24, 2.45) is 5.73 Å². The molecule has 0 atom stereocenters. The van der Waals surface area contributed by atoms with Crippen molar-refractivity contribution in [3.63, 3.8) is 0 Å². The summed E-state index contributed by atoms with van der Waals surface area (Å²) in [4.78, 5) is 13.2. The van der Waals surface area contributed by atoms with Crippen LogP contribution in [0.1, 0.15) is 13.8 Å². The van der Waals surface area contributed by atoms with Gasteiger partial charge in [-0.05, 0) is 13.8 Å². The van der Waals surface area contributed by atoms with E-state index in [0.29, 0.717) is 19.8 Å². The van der Waals surface area contributed by atoms with Crippen molar-refractivity contribution >= 4 is 5.91 Å². The SMILES string of the molecule is COCCOCC(=O)N(C)C(C)(C)CN. The third-order valence-electron chi connectivity index (χ3n) is 2.44. The first-order valence-corrected chi connectivity index (χ1v) is 4.99. The molecule has 0 radical (unpaired) electrons. The number of hydrogen-bond acceptors (Lipinski definition) is 4. The van der Waals surface area contributed by atoms with Gasteiger partial charge in [-0.2, -0.15) is 0 Å². The Morgan fingerprint density at radius 2 is 2.00 bits per heavy atom. The molecule has 90 valence electrons. The molecule has 0 aromatic carbocycles. The first-order valence-electron chi connectivity index (χ1n) is 4.99. The summed E-state index contributed by atoms with van der Waals surface area (Å²) in [5.41, 5.74) is 5.24. The standard InChI is InChI=1S/C10H22N2O3/c1-10(2,8-11)12(3)9(13)7-15-6-5-14-4/h5-8,11H2,1-4H3. The molecule has 0 spiro atoms. The molecular weight excluding hydrogens is 196 g/mol. The Hall–Kier alpha value is -0.650. The molecule has 5 nitrogen and oxygen atoms in total. The van der Waals surface area contributed by atoms with E-state index in [0.717, 1.165) is 0 Å². The minimum absolute atomic E-state index is 0.0680. The van der Waals surface area contributed by atoms with Crippen LogP contribution < -0.4 is 5.73 Å². The highest BCUT2D eigenvalue weighted by atomic mass is 16.5. The highest BCUT2D eigenvalue weighted by Gasteiger charge is 2.25. The van der Waals surface area contributed by atoms with Crippen LogP contribution in [0.2, 0.25) is 0 Å². The minimum atomic E-state index is -0.332. The van der Waals surface area contributed by atoms with Gasteiger partial charge in [0.2, 0.25) is 5.91 Å².